The number of hydrogen-bond donors (Lipinski definition) is 1. The predicted molar refractivity (Wildman–Crippen MR) is 118 cm³/mol. The van der Waals surface area contributed by atoms with Crippen LogP contribution in [0, 0.1) is 34.6 Å². The molecule has 5 heteroatoms. The molecule has 0 fully saturated rings. The minimum atomic E-state index is -0.597. The first-order chi connectivity index (χ1) is 14.0. The van der Waals surface area contributed by atoms with E-state index in [0.29, 0.717) is 12.2 Å². The van der Waals surface area contributed by atoms with Crippen LogP contribution in [0.3, 0.4) is 0 Å². The molecule has 3 rings (SSSR count). The minimum absolute atomic E-state index is 0.0546. The zero-order valence-corrected chi connectivity index (χ0v) is 19.0. The van der Waals surface area contributed by atoms with Gasteiger partial charge in [-0.05, 0) is 82.2 Å². The van der Waals surface area contributed by atoms with Crippen molar-refractivity contribution in [2.24, 2.45) is 0 Å². The van der Waals surface area contributed by atoms with Gasteiger partial charge >= 0.3 is 5.97 Å². The third-order valence-corrected chi connectivity index (χ3v) is 6.09. The summed E-state index contributed by atoms with van der Waals surface area (Å²) in [5, 5.41) is 3.07. The van der Waals surface area contributed by atoms with Gasteiger partial charge in [-0.2, -0.15) is 0 Å². The average molecular weight is 410 g/mol. The summed E-state index contributed by atoms with van der Waals surface area (Å²) in [5.41, 5.74) is 6.20. The van der Waals surface area contributed by atoms with E-state index in [-0.39, 0.29) is 18.3 Å². The molecule has 0 saturated carbocycles. The Morgan fingerprint density at radius 2 is 1.70 bits per heavy atom. The second-order valence-corrected chi connectivity index (χ2v) is 8.65. The fourth-order valence-corrected chi connectivity index (χ4v) is 4.24. The quantitative estimate of drug-likeness (QED) is 0.552. The van der Waals surface area contributed by atoms with Crippen molar-refractivity contribution in [1.29, 1.82) is 0 Å². The van der Waals surface area contributed by atoms with Crippen LogP contribution in [0.1, 0.15) is 60.1 Å². The van der Waals surface area contributed by atoms with Crippen LogP contribution < -0.4 is 14.8 Å². The average Bonchev–Trinajstić information content (AvgIpc) is 2.66. The molecule has 0 spiro atoms. The van der Waals surface area contributed by atoms with Gasteiger partial charge in [0.05, 0.1) is 6.42 Å². The summed E-state index contributed by atoms with van der Waals surface area (Å²) >= 11 is 0. The van der Waals surface area contributed by atoms with E-state index in [0.717, 1.165) is 51.2 Å². The lowest BCUT2D eigenvalue weighted by Crippen LogP contribution is -2.40. The summed E-state index contributed by atoms with van der Waals surface area (Å²) in [6.45, 7) is 13.3. The maximum absolute atomic E-state index is 12.8. The van der Waals surface area contributed by atoms with Crippen LogP contribution in [-0.4, -0.2) is 17.5 Å². The summed E-state index contributed by atoms with van der Waals surface area (Å²) in [7, 11) is 0. The fourth-order valence-electron chi connectivity index (χ4n) is 4.24. The van der Waals surface area contributed by atoms with Crippen molar-refractivity contribution in [2.75, 3.05) is 5.32 Å². The highest BCUT2D eigenvalue weighted by molar-refractivity contribution is 5.93. The third kappa shape index (κ3) is 4.20. The van der Waals surface area contributed by atoms with E-state index in [1.807, 2.05) is 59.7 Å². The fraction of sp³-hybridized carbons (Fsp3) is 0.440. The second kappa shape index (κ2) is 8.13. The number of aryl methyl sites for hydroxylation is 2. The molecule has 1 heterocycles. The summed E-state index contributed by atoms with van der Waals surface area (Å²) < 4.78 is 11.9. The van der Waals surface area contributed by atoms with Gasteiger partial charge in [0.25, 0.3) is 0 Å². The minimum Gasteiger partial charge on any atom is -0.486 e. The van der Waals surface area contributed by atoms with Crippen LogP contribution in [0.2, 0.25) is 0 Å². The zero-order valence-electron chi connectivity index (χ0n) is 19.0. The molecule has 2 aromatic carbocycles. The smallest absolute Gasteiger partial charge is 0.308 e. The molecule has 1 atom stereocenters. The monoisotopic (exact) mass is 409 g/mol. The van der Waals surface area contributed by atoms with E-state index in [2.05, 4.69) is 5.32 Å². The number of esters is 1. The van der Waals surface area contributed by atoms with Gasteiger partial charge in [0.1, 0.15) is 17.1 Å². The van der Waals surface area contributed by atoms with Crippen LogP contribution in [0.4, 0.5) is 5.69 Å². The molecule has 1 N–H and O–H groups in total. The molecule has 1 unspecified atom stereocenters. The Balaban J connectivity index is 1.84. The van der Waals surface area contributed by atoms with Crippen molar-refractivity contribution >= 4 is 17.6 Å². The van der Waals surface area contributed by atoms with E-state index in [9.17, 15) is 9.59 Å². The number of carbonyl (C=O) groups excluding carboxylic acids is 2. The number of fused-ring (bicyclic) bond motifs is 1. The van der Waals surface area contributed by atoms with Crippen molar-refractivity contribution in [1.82, 2.24) is 0 Å². The molecular formula is C25H31NO4. The molecular weight excluding hydrogens is 378 g/mol. The highest BCUT2D eigenvalue weighted by Crippen LogP contribution is 2.44. The Labute approximate surface area is 178 Å². The van der Waals surface area contributed by atoms with Crippen molar-refractivity contribution in [2.45, 2.75) is 73.3 Å². The van der Waals surface area contributed by atoms with Gasteiger partial charge in [-0.25, -0.2) is 0 Å². The molecule has 0 radical (unpaired) electrons. The second-order valence-electron chi connectivity index (χ2n) is 8.65. The van der Waals surface area contributed by atoms with E-state index in [1.165, 1.54) is 6.92 Å². The molecule has 0 bridgehead atoms. The van der Waals surface area contributed by atoms with Crippen LogP contribution >= 0.6 is 0 Å². The Hall–Kier alpha value is -2.82. The molecule has 0 aromatic heterocycles. The number of para-hydroxylation sites is 1. The van der Waals surface area contributed by atoms with E-state index < -0.39 is 5.60 Å². The molecule has 0 aliphatic carbocycles. The van der Waals surface area contributed by atoms with Crippen LogP contribution in [0.25, 0.3) is 0 Å². The van der Waals surface area contributed by atoms with Crippen LogP contribution in [-0.2, 0) is 16.0 Å². The number of benzene rings is 2. The normalized spacial score (nSPS) is 17.7. The first-order valence-corrected chi connectivity index (χ1v) is 10.4. The van der Waals surface area contributed by atoms with Crippen LogP contribution in [0.15, 0.2) is 18.2 Å². The number of carbonyl (C=O) groups is 2. The number of ether oxygens (including phenoxy) is 2. The maximum Gasteiger partial charge on any atom is 0.308 e. The Morgan fingerprint density at radius 1 is 1.07 bits per heavy atom. The number of nitrogens with one attached hydrogen (secondary N) is 1. The summed E-state index contributed by atoms with van der Waals surface area (Å²) in [5.74, 6) is 1.06. The Morgan fingerprint density at radius 3 is 2.30 bits per heavy atom. The summed E-state index contributed by atoms with van der Waals surface area (Å²) in [4.78, 5) is 24.4. The van der Waals surface area contributed by atoms with Gasteiger partial charge in [0.2, 0.25) is 5.91 Å². The Bertz CT molecular complexity index is 1000. The molecule has 0 saturated heterocycles. The van der Waals surface area contributed by atoms with Gasteiger partial charge < -0.3 is 14.8 Å². The standard InChI is InChI=1S/C25H31NO4/c1-14-9-8-10-15(2)22(14)26-21(28)13-25(7)12-11-20-18(5)23(29-19(6)27)16(3)17(4)24(20)30-25/h8-10H,11-13H2,1-7H3,(H,26,28). The van der Waals surface area contributed by atoms with Crippen LogP contribution in [0.5, 0.6) is 11.5 Å². The van der Waals surface area contributed by atoms with Gasteiger partial charge in [0, 0.05) is 18.2 Å². The summed E-state index contributed by atoms with van der Waals surface area (Å²) in [6.07, 6.45) is 1.75. The van der Waals surface area contributed by atoms with Crippen molar-refractivity contribution in [3.05, 3.63) is 51.6 Å². The van der Waals surface area contributed by atoms with Crippen molar-refractivity contribution < 1.29 is 19.1 Å². The lowest BCUT2D eigenvalue weighted by atomic mass is 9.85. The topological polar surface area (TPSA) is 64.6 Å². The van der Waals surface area contributed by atoms with E-state index >= 15 is 0 Å². The first-order valence-electron chi connectivity index (χ1n) is 10.4. The van der Waals surface area contributed by atoms with Gasteiger partial charge in [-0.1, -0.05) is 18.2 Å². The van der Waals surface area contributed by atoms with E-state index in [1.54, 1.807) is 0 Å². The molecule has 1 amide bonds. The molecule has 2 aromatic rings. The van der Waals surface area contributed by atoms with Crippen molar-refractivity contribution in [3.8, 4) is 11.5 Å². The molecule has 30 heavy (non-hydrogen) atoms. The molecule has 5 nitrogen and oxygen atoms in total. The van der Waals surface area contributed by atoms with E-state index in [4.69, 9.17) is 9.47 Å². The highest BCUT2D eigenvalue weighted by atomic mass is 16.5. The largest absolute Gasteiger partial charge is 0.486 e. The SMILES string of the molecule is CC(=O)Oc1c(C)c(C)c2c(c1C)CCC(C)(CC(=O)Nc1c(C)cccc1C)O2. The first kappa shape index (κ1) is 21.9. The number of anilines is 1. The number of hydrogen-bond acceptors (Lipinski definition) is 4. The lowest BCUT2D eigenvalue weighted by molar-refractivity contribution is -0.132. The zero-order chi connectivity index (χ0) is 22.2. The third-order valence-electron chi connectivity index (χ3n) is 6.09. The Kier molecular flexibility index (Phi) is 5.93. The number of amides is 1. The summed E-state index contributed by atoms with van der Waals surface area (Å²) in [6, 6.07) is 5.97. The highest BCUT2D eigenvalue weighted by Gasteiger charge is 2.37. The van der Waals surface area contributed by atoms with Gasteiger partial charge in [-0.15, -0.1) is 0 Å². The van der Waals surface area contributed by atoms with Gasteiger partial charge in [-0.3, -0.25) is 9.59 Å². The molecule has 1 aliphatic heterocycles. The number of rotatable bonds is 4. The maximum atomic E-state index is 12.8. The predicted octanol–water partition coefficient (Wildman–Crippen LogP) is 5.27. The lowest BCUT2D eigenvalue weighted by Gasteiger charge is -2.37. The molecule has 160 valence electrons. The van der Waals surface area contributed by atoms with Crippen molar-refractivity contribution in [3.63, 3.8) is 0 Å². The van der Waals surface area contributed by atoms with Gasteiger partial charge in [0.15, 0.2) is 0 Å². The molecule has 1 aliphatic rings.